The van der Waals surface area contributed by atoms with Gasteiger partial charge >= 0.3 is 0 Å². The van der Waals surface area contributed by atoms with Crippen LogP contribution in [0, 0.1) is 0 Å². The van der Waals surface area contributed by atoms with Gasteiger partial charge in [-0.3, -0.25) is 18.8 Å². The summed E-state index contributed by atoms with van der Waals surface area (Å²) in [5, 5.41) is 0. The maximum absolute atomic E-state index is 0. The monoisotopic (exact) mass is 154 g/mol. The summed E-state index contributed by atoms with van der Waals surface area (Å²) in [6.07, 6.45) is 0. The Morgan fingerprint density at radius 3 is 0.500 bits per heavy atom. The summed E-state index contributed by atoms with van der Waals surface area (Å²) in [4.78, 5) is 0. The molecule has 0 N–H and O–H groups in total. The molecule has 0 aliphatic heterocycles. The average molecular weight is 154 g/mol. The molecule has 0 saturated carbocycles. The summed E-state index contributed by atoms with van der Waals surface area (Å²) in [6, 6.07) is 0. The van der Waals surface area contributed by atoms with Crippen molar-refractivity contribution in [3.63, 3.8) is 0 Å². The van der Waals surface area contributed by atoms with Gasteiger partial charge in [-0.2, -0.15) is 0 Å². The Balaban J connectivity index is 0. The van der Waals surface area contributed by atoms with Gasteiger partial charge in [0.15, 0.2) is 0 Å². The number of hydrogen-bond acceptors (Lipinski definition) is 0. The summed E-state index contributed by atoms with van der Waals surface area (Å²) in [5.74, 6) is 0. The Labute approximate surface area is 45.2 Å². The van der Waals surface area contributed by atoms with E-state index in [2.05, 4.69) is 0 Å². The van der Waals surface area contributed by atoms with Gasteiger partial charge in [-0.05, 0) is 0 Å². The largest absolute Gasteiger partial charge is 0.269 e. The van der Waals surface area contributed by atoms with E-state index in [9.17, 15) is 0 Å². The molecular weight excluding hydrogens is 150 g/mol. The van der Waals surface area contributed by atoms with Gasteiger partial charge in [0, 0.05) is 25.5 Å². The third-order valence-electron chi connectivity index (χ3n) is 0. The van der Waals surface area contributed by atoms with Crippen LogP contribution in [0.25, 0.3) is 0 Å². The summed E-state index contributed by atoms with van der Waals surface area (Å²) in [5.41, 5.74) is 0. The molecule has 4 radical (unpaired) electrons. The topological polar surface area (TPSA) is 0 Å². The zero-order valence-electron chi connectivity index (χ0n) is 2.51. The van der Waals surface area contributed by atoms with Crippen molar-refractivity contribution in [1.82, 2.24) is 0 Å². The molecule has 0 bridgehead atoms. The molecule has 0 unspecified atom stereocenters. The van der Waals surface area contributed by atoms with Gasteiger partial charge < -0.3 is 0 Å². The van der Waals surface area contributed by atoms with Crippen molar-refractivity contribution in [2.75, 3.05) is 0 Å². The Morgan fingerprint density at radius 1 is 0.500 bits per heavy atom. The smallest absolute Gasteiger partial charge is 0 e. The van der Waals surface area contributed by atoms with Crippen LogP contribution in [0.15, 0.2) is 0 Å². The molecule has 0 aliphatic rings. The molecule has 46 valence electrons. The van der Waals surface area contributed by atoms with Crippen LogP contribution in [-0.2, 0) is 17.1 Å². The molecule has 6 heavy (non-hydrogen) atoms. The van der Waals surface area contributed by atoms with Crippen LogP contribution < -0.4 is 0 Å². The zero-order chi connectivity index (χ0) is 0. The van der Waals surface area contributed by atoms with Crippen molar-refractivity contribution >= 4 is 8.41 Å². The first-order chi connectivity index (χ1) is 0. The van der Waals surface area contributed by atoms with Crippen LogP contribution in [0.2, 0.25) is 0 Å². The van der Waals surface area contributed by atoms with Crippen molar-refractivity contribution in [2.24, 2.45) is 0 Å². The minimum absolute atomic E-state index is 0. The number of halogens is 4. The molecule has 0 aromatic rings. The van der Waals surface area contributed by atoms with E-state index in [1.165, 1.54) is 0 Å². The Hall–Kier alpha value is 0.304. The van der Waals surface area contributed by atoms with Gasteiger partial charge in [-0.25, -0.2) is 0 Å². The van der Waals surface area contributed by atoms with Crippen LogP contribution in [0.3, 0.4) is 0 Å². The molecule has 0 heterocycles. The maximum atomic E-state index is 0. The van der Waals surface area contributed by atoms with Crippen LogP contribution in [0.4, 0.5) is 18.8 Å². The summed E-state index contributed by atoms with van der Waals surface area (Å²) < 4.78 is 0. The fraction of sp³-hybridized carbons (Fsp3) is 0. The number of hydrogen-bond donors (Lipinski definition) is 0. The van der Waals surface area contributed by atoms with E-state index in [4.69, 9.17) is 0 Å². The van der Waals surface area contributed by atoms with E-state index in [0.29, 0.717) is 0 Å². The van der Waals surface area contributed by atoms with Crippen LogP contribution in [-0.4, -0.2) is 8.41 Å². The molecule has 0 nitrogen and oxygen atoms in total. The minimum Gasteiger partial charge on any atom is -0.269 e. The number of rotatable bonds is 0. The van der Waals surface area contributed by atoms with Gasteiger partial charge in [-0.1, -0.05) is 0 Å². The SMILES string of the molecule is F.F.F.F.[B].[Cu]. The second-order valence-electron chi connectivity index (χ2n) is 0. The fourth-order valence-electron chi connectivity index (χ4n) is 0. The molecule has 0 spiro atoms. The molecule has 0 atom stereocenters. The molecular formula is H4BCuF4. The molecule has 6 heteroatoms. The van der Waals surface area contributed by atoms with E-state index >= 15 is 0 Å². The van der Waals surface area contributed by atoms with Crippen molar-refractivity contribution in [1.29, 1.82) is 0 Å². The van der Waals surface area contributed by atoms with Crippen LogP contribution in [0.5, 0.6) is 0 Å². The zero-order valence-corrected chi connectivity index (χ0v) is 3.45. The minimum atomic E-state index is 0. The molecule has 0 saturated heterocycles. The summed E-state index contributed by atoms with van der Waals surface area (Å²) >= 11 is 0. The first-order valence-electron chi connectivity index (χ1n) is 0. The van der Waals surface area contributed by atoms with Gasteiger partial charge in [0.05, 0.1) is 0 Å². The molecule has 0 aromatic heterocycles. The Morgan fingerprint density at radius 2 is 0.500 bits per heavy atom. The van der Waals surface area contributed by atoms with E-state index in [0.717, 1.165) is 0 Å². The van der Waals surface area contributed by atoms with Crippen molar-refractivity contribution < 1.29 is 35.9 Å². The van der Waals surface area contributed by atoms with Crippen molar-refractivity contribution in [2.45, 2.75) is 0 Å². The second-order valence-corrected chi connectivity index (χ2v) is 0. The van der Waals surface area contributed by atoms with Gasteiger partial charge in [-0.15, -0.1) is 0 Å². The van der Waals surface area contributed by atoms with Crippen LogP contribution in [0.1, 0.15) is 0 Å². The molecule has 0 rings (SSSR count). The normalized spacial score (nSPS) is 0. The Kier molecular flexibility index (Phi) is 338000. The van der Waals surface area contributed by atoms with E-state index < -0.39 is 0 Å². The van der Waals surface area contributed by atoms with Crippen molar-refractivity contribution in [3.05, 3.63) is 0 Å². The standard InChI is InChI=1S/B.Cu.4FH/h;;4*1H. The third-order valence-corrected chi connectivity index (χ3v) is 0. The maximum Gasteiger partial charge on any atom is 0 e. The molecule has 0 amide bonds. The van der Waals surface area contributed by atoms with Crippen molar-refractivity contribution in [3.8, 4) is 0 Å². The first kappa shape index (κ1) is 1910. The predicted octanol–water partition coefficient (Wildman–Crippen LogP) is 0.227. The quantitative estimate of drug-likeness (QED) is 0.346. The second kappa shape index (κ2) is 1060. The fourth-order valence-corrected chi connectivity index (χ4v) is 0. The summed E-state index contributed by atoms with van der Waals surface area (Å²) in [6.45, 7) is 0. The van der Waals surface area contributed by atoms with E-state index in [-0.39, 0.29) is 44.3 Å². The first-order valence-corrected chi connectivity index (χ1v) is 0. The predicted molar refractivity (Wildman–Crippen MR) is 15.8 cm³/mol. The van der Waals surface area contributed by atoms with E-state index in [1.54, 1.807) is 0 Å². The molecule has 0 aromatic carbocycles. The average Bonchev–Trinajstić information content (AvgIpc) is 0. The van der Waals surface area contributed by atoms with Gasteiger partial charge in [0.2, 0.25) is 0 Å². The summed E-state index contributed by atoms with van der Waals surface area (Å²) in [7, 11) is 0. The van der Waals surface area contributed by atoms with Crippen LogP contribution >= 0.6 is 0 Å². The van der Waals surface area contributed by atoms with Gasteiger partial charge in [0.1, 0.15) is 0 Å². The molecule has 0 fully saturated rings. The van der Waals surface area contributed by atoms with Gasteiger partial charge in [0.25, 0.3) is 0 Å². The Bertz CT molecular complexity index is 7.51. The third kappa shape index (κ3) is 507. The van der Waals surface area contributed by atoms with E-state index in [1.807, 2.05) is 0 Å². The molecule has 0 aliphatic carbocycles.